The van der Waals surface area contributed by atoms with Gasteiger partial charge in [0.25, 0.3) is 0 Å². The molecule has 1 saturated heterocycles. The Labute approximate surface area is 174 Å². The molecule has 0 spiro atoms. The first-order chi connectivity index (χ1) is 14.1. The zero-order valence-corrected chi connectivity index (χ0v) is 17.8. The maximum absolute atomic E-state index is 13.1. The number of nitrogens with zero attached hydrogens (tertiary/aromatic N) is 2. The Morgan fingerprint density at radius 3 is 2.38 bits per heavy atom. The average Bonchev–Trinajstić information content (AvgIpc) is 2.77. The van der Waals surface area contributed by atoms with Gasteiger partial charge >= 0.3 is 0 Å². The number of sulfonamides is 1. The van der Waals surface area contributed by atoms with E-state index in [0.29, 0.717) is 30.5 Å². The van der Waals surface area contributed by atoms with E-state index < -0.39 is 10.0 Å². The highest BCUT2D eigenvalue weighted by Crippen LogP contribution is 2.23. The molecule has 1 heterocycles. The molecule has 29 heavy (non-hydrogen) atoms. The van der Waals surface area contributed by atoms with Crippen LogP contribution < -0.4 is 10.6 Å². The minimum Gasteiger partial charge on any atom is -0.356 e. The monoisotopic (exact) mass is 414 g/mol. The molecule has 0 bridgehead atoms. The molecule has 0 saturated carbocycles. The van der Waals surface area contributed by atoms with Crippen molar-refractivity contribution in [1.29, 1.82) is 0 Å². The summed E-state index contributed by atoms with van der Waals surface area (Å²) in [7, 11) is -1.75. The first-order valence-electron chi connectivity index (χ1n) is 10.2. The highest BCUT2D eigenvalue weighted by Gasteiger charge is 2.27. The van der Waals surface area contributed by atoms with E-state index in [1.165, 1.54) is 5.56 Å². The van der Waals surface area contributed by atoms with Gasteiger partial charge < -0.3 is 10.6 Å². The van der Waals surface area contributed by atoms with Crippen molar-refractivity contribution < 1.29 is 8.42 Å². The van der Waals surface area contributed by atoms with Crippen LogP contribution in [0.1, 0.15) is 30.4 Å². The van der Waals surface area contributed by atoms with Gasteiger partial charge in [-0.3, -0.25) is 4.99 Å². The van der Waals surface area contributed by atoms with Gasteiger partial charge in [0.1, 0.15) is 0 Å². The maximum atomic E-state index is 13.1. The first-order valence-corrected chi connectivity index (χ1v) is 11.6. The summed E-state index contributed by atoms with van der Waals surface area (Å²) < 4.78 is 27.8. The lowest BCUT2D eigenvalue weighted by molar-refractivity contribution is 0.346. The van der Waals surface area contributed by atoms with E-state index in [0.717, 1.165) is 37.8 Å². The largest absolute Gasteiger partial charge is 0.356 e. The van der Waals surface area contributed by atoms with E-state index in [1.807, 2.05) is 30.3 Å². The molecule has 0 radical (unpaired) electrons. The lowest BCUT2D eigenvalue weighted by Crippen LogP contribution is -2.39. The van der Waals surface area contributed by atoms with Crippen LogP contribution in [0.5, 0.6) is 0 Å². The van der Waals surface area contributed by atoms with Crippen LogP contribution in [0.4, 0.5) is 0 Å². The quantitative estimate of drug-likeness (QED) is 0.540. The Morgan fingerprint density at radius 2 is 1.66 bits per heavy atom. The Hall–Kier alpha value is -2.38. The second kappa shape index (κ2) is 10.4. The van der Waals surface area contributed by atoms with Gasteiger partial charge in [0.2, 0.25) is 10.0 Å². The fourth-order valence-electron chi connectivity index (χ4n) is 3.52. The van der Waals surface area contributed by atoms with Crippen molar-refractivity contribution in [2.24, 2.45) is 4.99 Å². The number of aliphatic imine (C=N–C) groups is 1. The zero-order chi connectivity index (χ0) is 20.5. The van der Waals surface area contributed by atoms with Crippen LogP contribution in [0.3, 0.4) is 0 Å². The number of nitrogens with one attached hydrogen (secondary N) is 2. The molecule has 2 aromatic rings. The van der Waals surface area contributed by atoms with Gasteiger partial charge in [0, 0.05) is 33.2 Å². The molecule has 0 aromatic heterocycles. The van der Waals surface area contributed by atoms with E-state index >= 15 is 0 Å². The van der Waals surface area contributed by atoms with Gasteiger partial charge in [-0.25, -0.2) is 8.42 Å². The van der Waals surface area contributed by atoms with Gasteiger partial charge in [-0.2, -0.15) is 4.31 Å². The van der Waals surface area contributed by atoms with Crippen molar-refractivity contribution in [3.8, 4) is 0 Å². The van der Waals surface area contributed by atoms with E-state index in [-0.39, 0.29) is 0 Å². The molecule has 3 rings (SSSR count). The van der Waals surface area contributed by atoms with Crippen molar-refractivity contribution in [2.75, 3.05) is 26.7 Å². The molecule has 2 N–H and O–H groups in total. The van der Waals surface area contributed by atoms with Crippen molar-refractivity contribution in [3.05, 3.63) is 65.7 Å². The highest BCUT2D eigenvalue weighted by atomic mass is 32.2. The molecule has 0 unspecified atom stereocenters. The summed E-state index contributed by atoms with van der Waals surface area (Å²) in [6.45, 7) is 2.35. The number of hydrogen-bond acceptors (Lipinski definition) is 3. The second-order valence-electron chi connectivity index (χ2n) is 7.16. The van der Waals surface area contributed by atoms with Crippen LogP contribution in [0.15, 0.2) is 64.5 Å². The third-order valence-electron chi connectivity index (χ3n) is 5.12. The van der Waals surface area contributed by atoms with Gasteiger partial charge in [-0.15, -0.1) is 0 Å². The minimum absolute atomic E-state index is 0.383. The number of benzene rings is 2. The normalized spacial score (nSPS) is 15.8. The number of hydrogen-bond donors (Lipinski definition) is 2. The fraction of sp³-hybridized carbons (Fsp3) is 0.409. The van der Waals surface area contributed by atoms with Crippen molar-refractivity contribution in [3.63, 3.8) is 0 Å². The van der Waals surface area contributed by atoms with E-state index in [1.54, 1.807) is 23.5 Å². The molecule has 6 nitrogen and oxygen atoms in total. The van der Waals surface area contributed by atoms with Crippen LogP contribution in [-0.4, -0.2) is 45.4 Å². The Balaban J connectivity index is 1.61. The average molecular weight is 415 g/mol. The van der Waals surface area contributed by atoms with Crippen molar-refractivity contribution in [1.82, 2.24) is 14.9 Å². The smallest absolute Gasteiger partial charge is 0.243 e. The maximum Gasteiger partial charge on any atom is 0.243 e. The molecule has 0 atom stereocenters. The molecule has 1 fully saturated rings. The lowest BCUT2D eigenvalue weighted by atomic mass is 10.1. The number of piperidine rings is 1. The standard InChI is InChI=1S/C22H30N4O2S/c1-23-22(24-15-14-19-10-4-2-5-11-19)25-18-20-12-6-7-13-21(20)29(27,28)26-16-8-3-9-17-26/h2,4-7,10-13H,3,8-9,14-18H2,1H3,(H2,23,24,25). The molecule has 0 amide bonds. The predicted octanol–water partition coefficient (Wildman–Crippen LogP) is 2.77. The third-order valence-corrected chi connectivity index (χ3v) is 7.12. The van der Waals surface area contributed by atoms with Gasteiger partial charge in [0.15, 0.2) is 5.96 Å². The molecular weight excluding hydrogens is 384 g/mol. The molecular formula is C22H30N4O2S. The van der Waals surface area contributed by atoms with Crippen molar-refractivity contribution in [2.45, 2.75) is 37.1 Å². The first kappa shape index (κ1) is 21.3. The summed E-state index contributed by atoms with van der Waals surface area (Å²) in [5.74, 6) is 0.658. The summed E-state index contributed by atoms with van der Waals surface area (Å²) in [6, 6.07) is 17.5. The molecule has 0 aliphatic carbocycles. The topological polar surface area (TPSA) is 73.8 Å². The Bertz CT molecular complexity index is 907. The van der Waals surface area contributed by atoms with Gasteiger partial charge in [-0.1, -0.05) is 55.0 Å². The second-order valence-corrected chi connectivity index (χ2v) is 9.07. The van der Waals surface area contributed by atoms with E-state index in [2.05, 4.69) is 27.8 Å². The van der Waals surface area contributed by atoms with Crippen LogP contribution in [-0.2, 0) is 23.0 Å². The Kier molecular flexibility index (Phi) is 7.66. The molecule has 156 valence electrons. The number of rotatable bonds is 7. The molecule has 1 aliphatic rings. The van der Waals surface area contributed by atoms with Crippen LogP contribution in [0, 0.1) is 0 Å². The van der Waals surface area contributed by atoms with Crippen molar-refractivity contribution >= 4 is 16.0 Å². The summed E-state index contributed by atoms with van der Waals surface area (Å²) in [4.78, 5) is 4.63. The fourth-order valence-corrected chi connectivity index (χ4v) is 5.25. The summed E-state index contributed by atoms with van der Waals surface area (Å²) in [5, 5.41) is 6.53. The van der Waals surface area contributed by atoms with Gasteiger partial charge in [-0.05, 0) is 36.5 Å². The lowest BCUT2D eigenvalue weighted by Gasteiger charge is -2.27. The van der Waals surface area contributed by atoms with Crippen LogP contribution in [0.25, 0.3) is 0 Å². The summed E-state index contributed by atoms with van der Waals surface area (Å²) in [6.07, 6.45) is 3.84. The van der Waals surface area contributed by atoms with Crippen LogP contribution >= 0.6 is 0 Å². The molecule has 7 heteroatoms. The van der Waals surface area contributed by atoms with E-state index in [4.69, 9.17) is 0 Å². The van der Waals surface area contributed by atoms with Gasteiger partial charge in [0.05, 0.1) is 4.90 Å². The van der Waals surface area contributed by atoms with Crippen LogP contribution in [0.2, 0.25) is 0 Å². The Morgan fingerprint density at radius 1 is 0.966 bits per heavy atom. The third kappa shape index (κ3) is 5.81. The minimum atomic E-state index is -3.47. The summed E-state index contributed by atoms with van der Waals surface area (Å²) >= 11 is 0. The SMILES string of the molecule is CN=C(NCCc1ccccc1)NCc1ccccc1S(=O)(=O)N1CCCCC1. The van der Waals surface area contributed by atoms with E-state index in [9.17, 15) is 8.42 Å². The zero-order valence-electron chi connectivity index (χ0n) is 17.0. The molecule has 2 aromatic carbocycles. The number of guanidine groups is 1. The predicted molar refractivity (Wildman–Crippen MR) is 117 cm³/mol. The highest BCUT2D eigenvalue weighted by molar-refractivity contribution is 7.89. The molecule has 1 aliphatic heterocycles. The summed E-state index contributed by atoms with van der Waals surface area (Å²) in [5.41, 5.74) is 2.01.